The van der Waals surface area contributed by atoms with Crippen LogP contribution in [0.5, 0.6) is 0 Å². The predicted molar refractivity (Wildman–Crippen MR) is 157 cm³/mol. The zero-order valence-corrected chi connectivity index (χ0v) is 24.2. The highest BCUT2D eigenvalue weighted by molar-refractivity contribution is 6.30. The molecule has 0 aliphatic carbocycles. The third-order valence-electron chi connectivity index (χ3n) is 8.07. The van der Waals surface area contributed by atoms with Crippen LogP contribution >= 0.6 is 23.2 Å². The summed E-state index contributed by atoms with van der Waals surface area (Å²) in [6.45, 7) is 7.00. The number of alkyl halides is 3. The highest BCUT2D eigenvalue weighted by Crippen LogP contribution is 2.36. The monoisotopic (exact) mass is 590 g/mol. The molecule has 4 nitrogen and oxygen atoms in total. The molecule has 2 saturated heterocycles. The summed E-state index contributed by atoms with van der Waals surface area (Å²) in [6.07, 6.45) is -3.16. The van der Waals surface area contributed by atoms with Crippen molar-refractivity contribution >= 4 is 28.9 Å². The molecule has 0 aromatic heterocycles. The molecular weight excluding hydrogens is 556 g/mol. The number of likely N-dealkylation sites (N-methyl/N-ethyl adjacent to an activating group) is 1. The summed E-state index contributed by atoms with van der Waals surface area (Å²) in [5, 5.41) is 1.36. The second-order valence-electron chi connectivity index (χ2n) is 10.8. The van der Waals surface area contributed by atoms with Gasteiger partial charge in [-0.15, -0.1) is 0 Å². The Bertz CT molecular complexity index is 1210. The highest BCUT2D eigenvalue weighted by Gasteiger charge is 2.34. The van der Waals surface area contributed by atoms with Gasteiger partial charge in [0.05, 0.1) is 11.6 Å². The van der Waals surface area contributed by atoms with Gasteiger partial charge >= 0.3 is 6.18 Å². The van der Waals surface area contributed by atoms with Crippen molar-refractivity contribution < 1.29 is 13.2 Å². The van der Waals surface area contributed by atoms with Crippen LogP contribution in [0.25, 0.3) is 0 Å². The molecule has 0 unspecified atom stereocenters. The number of anilines is 1. The maximum absolute atomic E-state index is 14.0. The van der Waals surface area contributed by atoms with Gasteiger partial charge in [-0.25, -0.2) is 0 Å². The number of piperazine rings is 1. The van der Waals surface area contributed by atoms with Crippen LogP contribution in [0, 0.1) is 0 Å². The Balaban J connectivity index is 1.30. The van der Waals surface area contributed by atoms with Crippen LogP contribution in [0.1, 0.15) is 34.7 Å². The Hall–Kier alpha value is -2.29. The van der Waals surface area contributed by atoms with E-state index in [1.807, 2.05) is 55.6 Å². The number of likely N-dealkylation sites (tertiary alicyclic amines) is 1. The van der Waals surface area contributed by atoms with Gasteiger partial charge < -0.3 is 9.80 Å². The zero-order valence-electron chi connectivity index (χ0n) is 22.7. The van der Waals surface area contributed by atoms with E-state index in [1.54, 1.807) is 12.1 Å². The molecule has 214 valence electrons. The molecular formula is C31H35Cl2F3N4. The van der Waals surface area contributed by atoms with Crippen LogP contribution in [-0.2, 0) is 12.7 Å². The fourth-order valence-corrected chi connectivity index (χ4v) is 5.83. The highest BCUT2D eigenvalue weighted by atomic mass is 35.5. The average Bonchev–Trinajstić information content (AvgIpc) is 2.90. The van der Waals surface area contributed by atoms with Gasteiger partial charge in [-0.1, -0.05) is 47.5 Å². The lowest BCUT2D eigenvalue weighted by atomic mass is 9.96. The van der Waals surface area contributed by atoms with Crippen molar-refractivity contribution in [1.82, 2.24) is 14.7 Å². The van der Waals surface area contributed by atoms with Gasteiger partial charge in [-0.05, 0) is 78.7 Å². The van der Waals surface area contributed by atoms with E-state index in [2.05, 4.69) is 19.6 Å². The van der Waals surface area contributed by atoms with Gasteiger partial charge in [-0.3, -0.25) is 9.80 Å². The molecule has 2 aliphatic rings. The van der Waals surface area contributed by atoms with E-state index < -0.39 is 11.7 Å². The molecule has 5 rings (SSSR count). The minimum atomic E-state index is -4.39. The van der Waals surface area contributed by atoms with Gasteiger partial charge in [-0.2, -0.15) is 13.2 Å². The quantitative estimate of drug-likeness (QED) is 0.264. The molecule has 3 aromatic carbocycles. The molecule has 0 bridgehead atoms. The molecule has 2 aliphatic heterocycles. The zero-order chi connectivity index (χ0) is 28.3. The molecule has 3 aromatic rings. The van der Waals surface area contributed by atoms with E-state index in [1.165, 1.54) is 12.5 Å². The molecule has 0 amide bonds. The molecule has 40 heavy (non-hydrogen) atoms. The Labute approximate surface area is 244 Å². The third kappa shape index (κ3) is 7.12. The molecule has 2 heterocycles. The van der Waals surface area contributed by atoms with Crippen LogP contribution in [0.15, 0.2) is 66.7 Å². The fraction of sp³-hybridized carbons (Fsp3) is 0.419. The Morgan fingerprint density at radius 1 is 0.775 bits per heavy atom. The summed E-state index contributed by atoms with van der Waals surface area (Å²) >= 11 is 12.3. The van der Waals surface area contributed by atoms with Gasteiger partial charge in [0, 0.05) is 68.6 Å². The van der Waals surface area contributed by atoms with Crippen molar-refractivity contribution in [2.24, 2.45) is 0 Å². The third-order valence-corrected chi connectivity index (χ3v) is 8.58. The van der Waals surface area contributed by atoms with E-state index in [0.717, 1.165) is 56.1 Å². The van der Waals surface area contributed by atoms with Crippen molar-refractivity contribution in [2.45, 2.75) is 25.2 Å². The van der Waals surface area contributed by atoms with Crippen molar-refractivity contribution in [2.75, 3.05) is 64.3 Å². The fourth-order valence-electron chi connectivity index (χ4n) is 5.58. The minimum Gasteiger partial charge on any atom is -0.373 e. The molecule has 0 radical (unpaired) electrons. The number of hydrogen-bond donors (Lipinski definition) is 0. The molecule has 0 spiro atoms. The Kier molecular flexibility index (Phi) is 9.28. The van der Waals surface area contributed by atoms with Crippen molar-refractivity contribution in [3.63, 3.8) is 0 Å². The number of hydrogen-bond acceptors (Lipinski definition) is 4. The molecule has 0 atom stereocenters. The predicted octanol–water partition coefficient (Wildman–Crippen LogP) is 7.06. The first-order valence-corrected chi connectivity index (χ1v) is 14.5. The number of benzene rings is 3. The van der Waals surface area contributed by atoms with Gasteiger partial charge in [0.15, 0.2) is 0 Å². The second kappa shape index (κ2) is 12.7. The number of rotatable bonds is 9. The second-order valence-corrected chi connectivity index (χ2v) is 11.6. The summed E-state index contributed by atoms with van der Waals surface area (Å²) in [5.74, 6) is 0. The van der Waals surface area contributed by atoms with E-state index in [0.29, 0.717) is 28.7 Å². The van der Waals surface area contributed by atoms with Crippen molar-refractivity contribution in [3.05, 3.63) is 99.0 Å². The first-order valence-electron chi connectivity index (χ1n) is 13.8. The summed E-state index contributed by atoms with van der Waals surface area (Å²) in [4.78, 5) is 8.93. The van der Waals surface area contributed by atoms with Crippen LogP contribution in [0.2, 0.25) is 10.0 Å². The van der Waals surface area contributed by atoms with Gasteiger partial charge in [0.25, 0.3) is 0 Å². The first-order chi connectivity index (χ1) is 19.2. The molecule has 0 N–H and O–H groups in total. The van der Waals surface area contributed by atoms with Crippen LogP contribution in [-0.4, -0.2) is 74.1 Å². The van der Waals surface area contributed by atoms with Crippen LogP contribution in [0.3, 0.4) is 0 Å². The minimum absolute atomic E-state index is 0.00537. The van der Waals surface area contributed by atoms with E-state index in [4.69, 9.17) is 23.2 Å². The molecule has 9 heteroatoms. The van der Waals surface area contributed by atoms with Gasteiger partial charge in [0.2, 0.25) is 0 Å². The lowest BCUT2D eigenvalue weighted by molar-refractivity contribution is -0.138. The van der Waals surface area contributed by atoms with E-state index in [-0.39, 0.29) is 12.6 Å². The lowest BCUT2D eigenvalue weighted by Crippen LogP contribution is -2.47. The standard InChI is InChI=1S/C31H35Cl2F3N4/c1-37(15-16-38-13-2-14-38)28-11-12-29(31(34,35)36)25(21-28)22-39-17-19-40(20-18-39)30(23-3-7-26(32)8-4-23)24-5-9-27(33)10-6-24/h3-12,21,30H,2,13-20,22H2,1H3. The maximum atomic E-state index is 14.0. The van der Waals surface area contributed by atoms with Crippen LogP contribution < -0.4 is 4.90 Å². The Morgan fingerprint density at radius 2 is 1.35 bits per heavy atom. The van der Waals surface area contributed by atoms with Gasteiger partial charge in [0.1, 0.15) is 0 Å². The number of nitrogens with zero attached hydrogens (tertiary/aromatic N) is 4. The maximum Gasteiger partial charge on any atom is 0.416 e. The average molecular weight is 592 g/mol. The molecule has 2 fully saturated rings. The number of halogens is 5. The van der Waals surface area contributed by atoms with Crippen LogP contribution in [0.4, 0.5) is 18.9 Å². The topological polar surface area (TPSA) is 13.0 Å². The summed E-state index contributed by atoms with van der Waals surface area (Å²) in [5.41, 5.74) is 2.85. The SMILES string of the molecule is CN(CCN1CCC1)c1ccc(C(F)(F)F)c(CN2CCN(C(c3ccc(Cl)cc3)c3ccc(Cl)cc3)CC2)c1. The lowest BCUT2D eigenvalue weighted by Gasteiger charge is -2.40. The Morgan fingerprint density at radius 3 is 1.85 bits per heavy atom. The summed E-state index contributed by atoms with van der Waals surface area (Å²) in [6, 6.07) is 20.3. The first kappa shape index (κ1) is 29.2. The van der Waals surface area contributed by atoms with E-state index >= 15 is 0 Å². The normalized spacial score (nSPS) is 17.3. The largest absolute Gasteiger partial charge is 0.416 e. The smallest absolute Gasteiger partial charge is 0.373 e. The summed E-state index contributed by atoms with van der Waals surface area (Å²) in [7, 11) is 1.96. The van der Waals surface area contributed by atoms with Crippen molar-refractivity contribution in [1.29, 1.82) is 0 Å². The van der Waals surface area contributed by atoms with Crippen molar-refractivity contribution in [3.8, 4) is 0 Å². The summed E-state index contributed by atoms with van der Waals surface area (Å²) < 4.78 is 41.9. The van der Waals surface area contributed by atoms with E-state index in [9.17, 15) is 13.2 Å². The molecule has 0 saturated carbocycles.